The van der Waals surface area contributed by atoms with Gasteiger partial charge >= 0.3 is 0 Å². The number of thiophene rings is 1. The van der Waals surface area contributed by atoms with E-state index in [0.717, 1.165) is 9.60 Å². The molecule has 0 aliphatic heterocycles. The monoisotopic (exact) mass is 360 g/mol. The van der Waals surface area contributed by atoms with E-state index >= 15 is 0 Å². The van der Waals surface area contributed by atoms with Gasteiger partial charge in [0.25, 0.3) is 5.91 Å². The number of anilines is 1. The Hall–Kier alpha value is -2.38. The van der Waals surface area contributed by atoms with Gasteiger partial charge in [0.05, 0.1) is 16.3 Å². The van der Waals surface area contributed by atoms with E-state index < -0.39 is 5.91 Å². The highest BCUT2D eigenvalue weighted by molar-refractivity contribution is 8.00. The molecule has 0 unspecified atom stereocenters. The molecule has 4 nitrogen and oxygen atoms in total. The summed E-state index contributed by atoms with van der Waals surface area (Å²) in [6.45, 7) is 0. The molecule has 1 heterocycles. The fraction of sp³-hybridized carbons (Fsp3) is 0.0588. The number of halogens is 1. The minimum Gasteiger partial charge on any atom is -0.369 e. The Kier molecular flexibility index (Phi) is 4.82. The summed E-state index contributed by atoms with van der Waals surface area (Å²) >= 11 is 2.56. The van der Waals surface area contributed by atoms with Crippen LogP contribution in [0.15, 0.2) is 53.4 Å². The Morgan fingerprint density at radius 1 is 1.17 bits per heavy atom. The van der Waals surface area contributed by atoms with E-state index in [0.29, 0.717) is 16.0 Å². The maximum atomic E-state index is 13.3. The van der Waals surface area contributed by atoms with Crippen molar-refractivity contribution in [1.29, 1.82) is 0 Å². The second-order valence-corrected chi connectivity index (χ2v) is 7.10. The van der Waals surface area contributed by atoms with Crippen LogP contribution in [0.3, 0.4) is 0 Å². The van der Waals surface area contributed by atoms with Gasteiger partial charge in [-0.15, -0.1) is 23.1 Å². The number of primary amides is 1. The molecule has 2 amide bonds. The molecular formula is C17H13FN2O2S2. The van der Waals surface area contributed by atoms with Crippen LogP contribution in [0.1, 0.15) is 9.67 Å². The van der Waals surface area contributed by atoms with E-state index in [1.165, 1.54) is 35.2 Å². The average molecular weight is 360 g/mol. The highest BCUT2D eigenvalue weighted by atomic mass is 32.2. The number of thioether (sulfide) groups is 1. The first-order valence-electron chi connectivity index (χ1n) is 7.03. The summed E-state index contributed by atoms with van der Waals surface area (Å²) in [4.78, 5) is 24.7. The van der Waals surface area contributed by atoms with E-state index in [9.17, 15) is 14.0 Å². The van der Waals surface area contributed by atoms with Crippen molar-refractivity contribution in [3.05, 3.63) is 59.2 Å². The first-order chi connectivity index (χ1) is 11.5. The number of nitrogens with one attached hydrogen (secondary N) is 1. The van der Waals surface area contributed by atoms with Crippen LogP contribution < -0.4 is 11.1 Å². The zero-order valence-corrected chi connectivity index (χ0v) is 14.0. The van der Waals surface area contributed by atoms with Crippen molar-refractivity contribution in [2.45, 2.75) is 4.90 Å². The fourth-order valence-corrected chi connectivity index (χ4v) is 3.84. The van der Waals surface area contributed by atoms with Crippen molar-refractivity contribution in [2.75, 3.05) is 11.1 Å². The largest absolute Gasteiger partial charge is 0.369 e. The smallest absolute Gasteiger partial charge is 0.265 e. The molecule has 2 aromatic carbocycles. The normalized spacial score (nSPS) is 10.7. The second-order valence-electron chi connectivity index (χ2n) is 5.00. The highest BCUT2D eigenvalue weighted by Crippen LogP contribution is 2.30. The summed E-state index contributed by atoms with van der Waals surface area (Å²) in [5, 5.41) is 3.53. The molecule has 3 aromatic rings. The van der Waals surface area contributed by atoms with Crippen LogP contribution in [0.25, 0.3) is 10.1 Å². The summed E-state index contributed by atoms with van der Waals surface area (Å²) < 4.78 is 14.1. The molecule has 24 heavy (non-hydrogen) atoms. The fourth-order valence-electron chi connectivity index (χ4n) is 2.15. The van der Waals surface area contributed by atoms with Crippen LogP contribution in [-0.2, 0) is 4.79 Å². The van der Waals surface area contributed by atoms with Gasteiger partial charge in [-0.1, -0.05) is 12.1 Å². The minimum atomic E-state index is -0.423. The average Bonchev–Trinajstić information content (AvgIpc) is 2.97. The second kappa shape index (κ2) is 7.02. The molecule has 0 atom stereocenters. The minimum absolute atomic E-state index is 0.134. The summed E-state index contributed by atoms with van der Waals surface area (Å²) in [5.74, 6) is -0.897. The van der Waals surface area contributed by atoms with Crippen LogP contribution in [0.4, 0.5) is 10.1 Å². The molecule has 0 fully saturated rings. The van der Waals surface area contributed by atoms with Crippen molar-refractivity contribution in [3.63, 3.8) is 0 Å². The van der Waals surface area contributed by atoms with Gasteiger partial charge in [0.15, 0.2) is 0 Å². The lowest BCUT2D eigenvalue weighted by Crippen LogP contribution is -2.14. The molecule has 3 N–H and O–H groups in total. The third-order valence-electron chi connectivity index (χ3n) is 3.21. The Morgan fingerprint density at radius 3 is 2.75 bits per heavy atom. The lowest BCUT2D eigenvalue weighted by molar-refractivity contribution is -0.115. The Balaban J connectivity index is 1.82. The number of hydrogen-bond acceptors (Lipinski definition) is 4. The van der Waals surface area contributed by atoms with Crippen LogP contribution in [0.2, 0.25) is 0 Å². The molecule has 122 valence electrons. The van der Waals surface area contributed by atoms with Crippen molar-refractivity contribution in [3.8, 4) is 0 Å². The summed E-state index contributed by atoms with van der Waals surface area (Å²) in [6.07, 6.45) is 0. The molecule has 0 saturated heterocycles. The first kappa shape index (κ1) is 16.5. The maximum Gasteiger partial charge on any atom is 0.265 e. The molecule has 0 radical (unpaired) electrons. The number of benzene rings is 2. The molecule has 0 bridgehead atoms. The Bertz CT molecular complexity index is 924. The van der Waals surface area contributed by atoms with Gasteiger partial charge in [-0.05, 0) is 41.8 Å². The number of hydrogen-bond donors (Lipinski definition) is 2. The molecule has 3 rings (SSSR count). The Morgan fingerprint density at radius 2 is 1.96 bits per heavy atom. The van der Waals surface area contributed by atoms with Crippen molar-refractivity contribution >= 4 is 50.7 Å². The number of rotatable bonds is 5. The molecule has 0 spiro atoms. The lowest BCUT2D eigenvalue weighted by Gasteiger charge is -2.09. The summed E-state index contributed by atoms with van der Waals surface area (Å²) in [7, 11) is 0. The number of carbonyl (C=O) groups excluding carboxylic acids is 2. The van der Waals surface area contributed by atoms with Gasteiger partial charge in [0.1, 0.15) is 5.82 Å². The van der Waals surface area contributed by atoms with E-state index in [1.807, 2.05) is 12.1 Å². The predicted octanol–water partition coefficient (Wildman–Crippen LogP) is 3.87. The van der Waals surface area contributed by atoms with Crippen molar-refractivity contribution in [2.24, 2.45) is 5.73 Å². The summed E-state index contributed by atoms with van der Waals surface area (Å²) in [6, 6.07) is 13.3. The Labute approximate surface area is 145 Å². The van der Waals surface area contributed by atoms with Crippen LogP contribution in [0.5, 0.6) is 0 Å². The van der Waals surface area contributed by atoms with Gasteiger partial charge in [-0.2, -0.15) is 0 Å². The van der Waals surface area contributed by atoms with E-state index in [4.69, 9.17) is 5.73 Å². The van der Waals surface area contributed by atoms with Crippen LogP contribution in [-0.4, -0.2) is 17.6 Å². The third kappa shape index (κ3) is 3.74. The van der Waals surface area contributed by atoms with Crippen molar-refractivity contribution < 1.29 is 14.0 Å². The maximum absolute atomic E-state index is 13.3. The van der Waals surface area contributed by atoms with E-state index in [1.54, 1.807) is 24.3 Å². The van der Waals surface area contributed by atoms with Crippen LogP contribution >= 0.6 is 23.1 Å². The lowest BCUT2D eigenvalue weighted by atomic mass is 10.2. The first-order valence-corrected chi connectivity index (χ1v) is 8.84. The van der Waals surface area contributed by atoms with Crippen LogP contribution in [0, 0.1) is 5.82 Å². The highest BCUT2D eigenvalue weighted by Gasteiger charge is 2.13. The molecule has 7 heteroatoms. The van der Waals surface area contributed by atoms with E-state index in [2.05, 4.69) is 5.32 Å². The van der Waals surface area contributed by atoms with Gasteiger partial charge < -0.3 is 11.1 Å². The zero-order chi connectivity index (χ0) is 17.1. The molecule has 0 saturated carbocycles. The van der Waals surface area contributed by atoms with Gasteiger partial charge in [0, 0.05) is 9.60 Å². The topological polar surface area (TPSA) is 72.2 Å². The number of carbonyl (C=O) groups is 2. The number of fused-ring (bicyclic) bond motifs is 1. The van der Waals surface area contributed by atoms with E-state index in [-0.39, 0.29) is 17.5 Å². The molecule has 1 aromatic heterocycles. The molecule has 0 aliphatic carbocycles. The standard InChI is InChI=1S/C17H13FN2O2S2/c18-11-5-6-13-10(7-11)8-15(24-13)17(22)20-12-3-1-2-4-14(12)23-9-16(19)21/h1-8H,9H2,(H2,19,21)(H,20,22). The summed E-state index contributed by atoms with van der Waals surface area (Å²) in [5.41, 5.74) is 5.77. The molecular weight excluding hydrogens is 347 g/mol. The molecule has 0 aliphatic rings. The zero-order valence-electron chi connectivity index (χ0n) is 12.4. The number of para-hydroxylation sites is 1. The van der Waals surface area contributed by atoms with Crippen molar-refractivity contribution in [1.82, 2.24) is 0 Å². The third-order valence-corrected chi connectivity index (χ3v) is 5.42. The quantitative estimate of drug-likeness (QED) is 0.679. The van der Waals surface area contributed by atoms with Gasteiger partial charge in [0.2, 0.25) is 5.91 Å². The number of amides is 2. The van der Waals surface area contributed by atoms with Gasteiger partial charge in [-0.3, -0.25) is 9.59 Å². The van der Waals surface area contributed by atoms with Gasteiger partial charge in [-0.25, -0.2) is 4.39 Å². The predicted molar refractivity (Wildman–Crippen MR) is 96.1 cm³/mol. The SMILES string of the molecule is NC(=O)CSc1ccccc1NC(=O)c1cc2cc(F)ccc2s1. The number of nitrogens with two attached hydrogens (primary N) is 1.